The lowest BCUT2D eigenvalue weighted by Gasteiger charge is -2.44. The van der Waals surface area contributed by atoms with E-state index in [2.05, 4.69) is 31.8 Å². The second-order valence-electron chi connectivity index (χ2n) is 5.52. The third kappa shape index (κ3) is 3.74. The van der Waals surface area contributed by atoms with Crippen LogP contribution >= 0.6 is 0 Å². The maximum atomic E-state index is 12.0. The lowest BCUT2D eigenvalue weighted by Crippen LogP contribution is -2.58. The molecule has 0 aliphatic carbocycles. The van der Waals surface area contributed by atoms with Crippen molar-refractivity contribution in [3.05, 3.63) is 11.8 Å². The second kappa shape index (κ2) is 6.63. The summed E-state index contributed by atoms with van der Waals surface area (Å²) in [6.07, 6.45) is 3.10. The second-order valence-corrected chi connectivity index (χ2v) is 5.52. The molecule has 0 aromatic carbocycles. The maximum absolute atomic E-state index is 12.0. The molecule has 0 bridgehead atoms. The van der Waals surface area contributed by atoms with Crippen LogP contribution in [0.1, 0.15) is 41.0 Å². The Morgan fingerprint density at radius 1 is 1.53 bits per heavy atom. The number of hydrogen-bond acceptors (Lipinski definition) is 3. The van der Waals surface area contributed by atoms with Crippen LogP contribution in [0.25, 0.3) is 0 Å². The summed E-state index contributed by atoms with van der Waals surface area (Å²) in [6.45, 7) is 10.7. The van der Waals surface area contributed by atoms with E-state index in [1.165, 1.54) is 0 Å². The number of piperazine rings is 1. The predicted octanol–water partition coefficient (Wildman–Crippen LogP) is 1.73. The Morgan fingerprint density at radius 3 is 2.68 bits per heavy atom. The van der Waals surface area contributed by atoms with Crippen LogP contribution in [0.15, 0.2) is 11.8 Å². The van der Waals surface area contributed by atoms with Crippen molar-refractivity contribution in [2.45, 2.75) is 53.1 Å². The Bertz CT molecular complexity index is 417. The normalized spacial score (nSPS) is 25.5. The van der Waals surface area contributed by atoms with E-state index < -0.39 is 0 Å². The van der Waals surface area contributed by atoms with Crippen LogP contribution in [0.4, 0.5) is 0 Å². The van der Waals surface area contributed by atoms with Gasteiger partial charge in [-0.1, -0.05) is 25.8 Å². The van der Waals surface area contributed by atoms with Crippen LogP contribution < -0.4 is 5.84 Å². The Morgan fingerprint density at radius 2 is 2.16 bits per heavy atom. The molecule has 0 radical (unpaired) electrons. The number of nitrogens with zero attached hydrogens (tertiary/aromatic N) is 2. The van der Waals surface area contributed by atoms with Gasteiger partial charge in [-0.05, 0) is 39.0 Å². The topological polar surface area (TPSA) is 49.6 Å². The molecule has 19 heavy (non-hydrogen) atoms. The van der Waals surface area contributed by atoms with Gasteiger partial charge in [0, 0.05) is 12.2 Å². The molecule has 1 amide bonds. The van der Waals surface area contributed by atoms with Crippen molar-refractivity contribution >= 4 is 5.91 Å². The number of amides is 1. The van der Waals surface area contributed by atoms with Gasteiger partial charge >= 0.3 is 0 Å². The maximum Gasteiger partial charge on any atom is 0.299 e. The van der Waals surface area contributed by atoms with E-state index in [4.69, 9.17) is 5.84 Å². The zero-order chi connectivity index (χ0) is 14.6. The average Bonchev–Trinajstić information content (AvgIpc) is 2.33. The highest BCUT2D eigenvalue weighted by Gasteiger charge is 2.33. The van der Waals surface area contributed by atoms with Gasteiger partial charge in [-0.3, -0.25) is 4.79 Å². The first-order chi connectivity index (χ1) is 8.88. The fraction of sp³-hybridized carbons (Fsp3) is 0.667. The fourth-order valence-corrected chi connectivity index (χ4v) is 2.23. The molecular weight excluding hydrogens is 238 g/mol. The summed E-state index contributed by atoms with van der Waals surface area (Å²) in [5.74, 6) is 11.9. The molecule has 0 aromatic heterocycles. The summed E-state index contributed by atoms with van der Waals surface area (Å²) < 4.78 is 0. The van der Waals surface area contributed by atoms with Crippen molar-refractivity contribution in [2.24, 2.45) is 11.8 Å². The number of allylic oxidation sites excluding steroid dienone is 1. The van der Waals surface area contributed by atoms with Crippen LogP contribution in [0.2, 0.25) is 0 Å². The van der Waals surface area contributed by atoms with E-state index in [1.54, 1.807) is 16.8 Å². The van der Waals surface area contributed by atoms with E-state index >= 15 is 0 Å². The molecule has 4 heteroatoms. The summed E-state index contributed by atoms with van der Waals surface area (Å²) in [6, 6.07) is 0.0884. The fourth-order valence-electron chi connectivity index (χ4n) is 2.23. The zero-order valence-corrected chi connectivity index (χ0v) is 12.6. The van der Waals surface area contributed by atoms with Crippen LogP contribution in [0.3, 0.4) is 0 Å². The largest absolute Gasteiger partial charge is 0.321 e. The molecule has 1 heterocycles. The van der Waals surface area contributed by atoms with Gasteiger partial charge in [0.05, 0.1) is 12.1 Å². The number of hydrogen-bond donors (Lipinski definition) is 1. The van der Waals surface area contributed by atoms with Gasteiger partial charge in [0.25, 0.3) is 5.91 Å². The molecule has 1 rings (SSSR count). The van der Waals surface area contributed by atoms with Crippen LogP contribution in [-0.2, 0) is 4.79 Å². The van der Waals surface area contributed by atoms with Crippen LogP contribution in [0, 0.1) is 17.8 Å². The molecule has 1 aliphatic heterocycles. The first kappa shape index (κ1) is 15.6. The number of hydrazine groups is 1. The number of carbonyl (C=O) groups is 1. The van der Waals surface area contributed by atoms with Crippen LogP contribution in [0.5, 0.6) is 0 Å². The summed E-state index contributed by atoms with van der Waals surface area (Å²) in [4.78, 5) is 13.8. The van der Waals surface area contributed by atoms with Crippen molar-refractivity contribution < 1.29 is 4.79 Å². The van der Waals surface area contributed by atoms with Crippen molar-refractivity contribution in [3.63, 3.8) is 0 Å². The molecule has 0 saturated carbocycles. The highest BCUT2D eigenvalue weighted by molar-refractivity contribution is 5.94. The van der Waals surface area contributed by atoms with E-state index in [1.807, 2.05) is 13.8 Å². The number of nitrogens with two attached hydrogens (primary N) is 1. The molecule has 1 aliphatic rings. The molecule has 2 atom stereocenters. The van der Waals surface area contributed by atoms with Crippen molar-refractivity contribution in [1.82, 2.24) is 9.91 Å². The number of carbonyl (C=O) groups excluding carboxylic acids is 1. The molecule has 2 unspecified atom stereocenters. The zero-order valence-electron chi connectivity index (χ0n) is 12.6. The van der Waals surface area contributed by atoms with Gasteiger partial charge in [-0.15, -0.1) is 0 Å². The molecule has 1 fully saturated rings. The van der Waals surface area contributed by atoms with E-state index in [9.17, 15) is 4.79 Å². The highest BCUT2D eigenvalue weighted by Crippen LogP contribution is 2.23. The van der Waals surface area contributed by atoms with Gasteiger partial charge in [0.1, 0.15) is 0 Å². The summed E-state index contributed by atoms with van der Waals surface area (Å²) in [5, 5.41) is 1.79. The third-order valence-corrected chi connectivity index (χ3v) is 3.42. The van der Waals surface area contributed by atoms with Gasteiger partial charge in [-0.2, -0.15) is 0 Å². The minimum absolute atomic E-state index is 0.0201. The minimum atomic E-state index is -0.120. The van der Waals surface area contributed by atoms with Gasteiger partial charge in [0.2, 0.25) is 0 Å². The lowest BCUT2D eigenvalue weighted by atomic mass is 10.0. The number of rotatable bonds is 2. The predicted molar refractivity (Wildman–Crippen MR) is 77.7 cm³/mol. The molecule has 0 spiro atoms. The Hall–Kier alpha value is -1.47. The summed E-state index contributed by atoms with van der Waals surface area (Å²) >= 11 is 0. The molecular formula is C15H25N3O. The van der Waals surface area contributed by atoms with Gasteiger partial charge in [0.15, 0.2) is 0 Å². The first-order valence-electron chi connectivity index (χ1n) is 6.85. The Balaban J connectivity index is 2.97. The van der Waals surface area contributed by atoms with E-state index in [0.29, 0.717) is 12.5 Å². The molecule has 0 aromatic rings. The Kier molecular flexibility index (Phi) is 5.44. The van der Waals surface area contributed by atoms with Crippen molar-refractivity contribution in [2.75, 3.05) is 6.54 Å². The molecule has 4 nitrogen and oxygen atoms in total. The minimum Gasteiger partial charge on any atom is -0.321 e. The van der Waals surface area contributed by atoms with Crippen molar-refractivity contribution in [3.8, 4) is 11.8 Å². The van der Waals surface area contributed by atoms with Crippen LogP contribution in [-0.4, -0.2) is 34.4 Å². The Labute approximate surface area is 116 Å². The van der Waals surface area contributed by atoms with Crippen molar-refractivity contribution in [1.29, 1.82) is 0 Å². The van der Waals surface area contributed by atoms with Gasteiger partial charge < -0.3 is 9.91 Å². The third-order valence-electron chi connectivity index (χ3n) is 3.42. The molecule has 2 N–H and O–H groups in total. The standard InChI is InChI=1S/C15H25N3O/c1-6-7-15(19)17-10-12(4)18(16)14(13(17)5)9-8-11(2)3/h9,11-13H,8,10,16H2,1-5H3/b14-9-. The van der Waals surface area contributed by atoms with E-state index in [-0.39, 0.29) is 18.0 Å². The summed E-state index contributed by atoms with van der Waals surface area (Å²) in [5.41, 5.74) is 1.01. The summed E-state index contributed by atoms with van der Waals surface area (Å²) in [7, 11) is 0. The van der Waals surface area contributed by atoms with Gasteiger partial charge in [-0.25, -0.2) is 5.84 Å². The smallest absolute Gasteiger partial charge is 0.299 e. The average molecular weight is 263 g/mol. The molecule has 1 saturated heterocycles. The highest BCUT2D eigenvalue weighted by atomic mass is 16.2. The monoisotopic (exact) mass is 263 g/mol. The molecule has 106 valence electrons. The first-order valence-corrected chi connectivity index (χ1v) is 6.85. The quantitative estimate of drug-likeness (QED) is 0.610. The van der Waals surface area contributed by atoms with E-state index in [0.717, 1.165) is 12.1 Å². The SMILES string of the molecule is CC#CC(=O)N1CC(C)N(N)/C(=C\CC(C)C)C1C. The lowest BCUT2D eigenvalue weighted by molar-refractivity contribution is -0.129.